The van der Waals surface area contributed by atoms with Gasteiger partial charge in [-0.1, -0.05) is 0 Å². The van der Waals surface area contributed by atoms with E-state index in [0.29, 0.717) is 13.0 Å². The van der Waals surface area contributed by atoms with Crippen molar-refractivity contribution in [1.29, 1.82) is 0 Å². The fourth-order valence-electron chi connectivity index (χ4n) is 2.12. The Labute approximate surface area is 94.2 Å². The van der Waals surface area contributed by atoms with Crippen LogP contribution in [-0.4, -0.2) is 35.7 Å². The van der Waals surface area contributed by atoms with E-state index in [4.69, 9.17) is 9.84 Å². The van der Waals surface area contributed by atoms with Gasteiger partial charge in [-0.15, -0.1) is 0 Å². The molecule has 0 unspecified atom stereocenters. The van der Waals surface area contributed by atoms with E-state index in [9.17, 15) is 9.59 Å². The van der Waals surface area contributed by atoms with Gasteiger partial charge in [-0.05, 0) is 26.2 Å². The lowest BCUT2D eigenvalue weighted by Crippen LogP contribution is -2.48. The summed E-state index contributed by atoms with van der Waals surface area (Å²) in [5.41, 5.74) is 0. The van der Waals surface area contributed by atoms with Crippen LogP contribution in [0.25, 0.3) is 0 Å². The van der Waals surface area contributed by atoms with Crippen LogP contribution in [0.1, 0.15) is 26.2 Å². The summed E-state index contributed by atoms with van der Waals surface area (Å²) < 4.78 is 5.38. The first-order valence-electron chi connectivity index (χ1n) is 5.76. The summed E-state index contributed by atoms with van der Waals surface area (Å²) in [6, 6.07) is 0.180. The molecule has 2 atom stereocenters. The minimum absolute atomic E-state index is 0.104. The summed E-state index contributed by atoms with van der Waals surface area (Å²) in [6.45, 7) is 2.66. The second-order valence-corrected chi connectivity index (χ2v) is 4.54. The Morgan fingerprint density at radius 1 is 1.31 bits per heavy atom. The number of carbonyl (C=O) groups excluding carboxylic acids is 1. The second kappa shape index (κ2) is 4.41. The number of carboxylic acids is 1. The Morgan fingerprint density at radius 2 is 2.00 bits per heavy atom. The molecule has 0 heterocycles. The molecule has 2 fully saturated rings. The Bertz CT molecular complexity index is 298. The molecule has 0 radical (unpaired) electrons. The molecule has 16 heavy (non-hydrogen) atoms. The van der Waals surface area contributed by atoms with E-state index in [1.807, 2.05) is 6.92 Å². The lowest BCUT2D eigenvalue weighted by molar-refractivity contribution is -0.140. The Balaban J connectivity index is 1.65. The van der Waals surface area contributed by atoms with E-state index in [2.05, 4.69) is 5.32 Å². The lowest BCUT2D eigenvalue weighted by atomic mass is 9.89. The van der Waals surface area contributed by atoms with Gasteiger partial charge >= 0.3 is 5.97 Å². The van der Waals surface area contributed by atoms with Gasteiger partial charge in [-0.25, -0.2) is 0 Å². The van der Waals surface area contributed by atoms with Crippen molar-refractivity contribution in [3.8, 4) is 0 Å². The predicted octanol–water partition coefficient (Wildman–Crippen LogP) is 0.391. The molecule has 0 spiro atoms. The molecule has 0 aromatic carbocycles. The summed E-state index contributed by atoms with van der Waals surface area (Å²) in [5.74, 6) is -1.72. The third-order valence-corrected chi connectivity index (χ3v) is 3.29. The molecule has 2 saturated carbocycles. The maximum atomic E-state index is 11.6. The Kier molecular flexibility index (Phi) is 3.14. The minimum atomic E-state index is -0.860. The van der Waals surface area contributed by atoms with Gasteiger partial charge in [0.25, 0.3) is 0 Å². The Morgan fingerprint density at radius 3 is 2.50 bits per heavy atom. The van der Waals surface area contributed by atoms with E-state index in [1.165, 1.54) is 0 Å². The summed E-state index contributed by atoms with van der Waals surface area (Å²) in [7, 11) is 0. The van der Waals surface area contributed by atoms with Crippen LogP contribution in [0.3, 0.4) is 0 Å². The first-order valence-corrected chi connectivity index (χ1v) is 5.76. The number of ether oxygens (including phenoxy) is 1. The molecule has 0 aromatic rings. The monoisotopic (exact) mass is 227 g/mol. The van der Waals surface area contributed by atoms with Gasteiger partial charge in [-0.3, -0.25) is 9.59 Å². The summed E-state index contributed by atoms with van der Waals surface area (Å²) in [5, 5.41) is 11.6. The lowest BCUT2D eigenvalue weighted by Gasteiger charge is -2.35. The van der Waals surface area contributed by atoms with Crippen molar-refractivity contribution in [1.82, 2.24) is 5.32 Å². The highest BCUT2D eigenvalue weighted by molar-refractivity contribution is 5.89. The zero-order valence-electron chi connectivity index (χ0n) is 9.31. The third-order valence-electron chi connectivity index (χ3n) is 3.29. The molecule has 0 aliphatic heterocycles. The molecule has 0 aromatic heterocycles. The maximum absolute atomic E-state index is 11.6. The molecule has 0 saturated heterocycles. The highest BCUT2D eigenvalue weighted by Crippen LogP contribution is 2.39. The molecule has 90 valence electrons. The minimum Gasteiger partial charge on any atom is -0.481 e. The van der Waals surface area contributed by atoms with Crippen molar-refractivity contribution in [2.24, 2.45) is 11.8 Å². The van der Waals surface area contributed by atoms with Gasteiger partial charge in [0.05, 0.1) is 17.9 Å². The quantitative estimate of drug-likeness (QED) is 0.712. The average Bonchev–Trinajstić information content (AvgIpc) is 2.93. The van der Waals surface area contributed by atoms with Crippen molar-refractivity contribution >= 4 is 11.9 Å². The largest absolute Gasteiger partial charge is 0.481 e. The van der Waals surface area contributed by atoms with Crippen LogP contribution < -0.4 is 5.32 Å². The molecular formula is C11H17NO4. The van der Waals surface area contributed by atoms with Crippen LogP contribution in [0.15, 0.2) is 0 Å². The molecule has 2 aliphatic rings. The van der Waals surface area contributed by atoms with E-state index in [-0.39, 0.29) is 24.0 Å². The normalized spacial score (nSPS) is 36.3. The summed E-state index contributed by atoms with van der Waals surface area (Å²) in [6.07, 6.45) is 2.46. The molecular weight excluding hydrogens is 210 g/mol. The van der Waals surface area contributed by atoms with Crippen LogP contribution in [0.4, 0.5) is 0 Å². The van der Waals surface area contributed by atoms with Gasteiger partial charge in [0.2, 0.25) is 5.91 Å². The van der Waals surface area contributed by atoms with Crippen LogP contribution in [-0.2, 0) is 14.3 Å². The summed E-state index contributed by atoms with van der Waals surface area (Å²) in [4.78, 5) is 22.2. The van der Waals surface area contributed by atoms with Crippen molar-refractivity contribution < 1.29 is 19.4 Å². The van der Waals surface area contributed by atoms with E-state index in [0.717, 1.165) is 12.8 Å². The smallest absolute Gasteiger partial charge is 0.307 e. The molecule has 1 amide bonds. The van der Waals surface area contributed by atoms with Gasteiger partial charge in [0.15, 0.2) is 0 Å². The Hall–Kier alpha value is -1.10. The van der Waals surface area contributed by atoms with E-state index < -0.39 is 11.9 Å². The third kappa shape index (κ3) is 2.35. The van der Waals surface area contributed by atoms with Crippen molar-refractivity contribution in [2.45, 2.75) is 38.3 Å². The molecule has 5 nitrogen and oxygen atoms in total. The second-order valence-electron chi connectivity index (χ2n) is 4.54. The van der Waals surface area contributed by atoms with Crippen LogP contribution in [0, 0.1) is 11.8 Å². The number of carbonyl (C=O) groups is 2. The average molecular weight is 227 g/mol. The summed E-state index contributed by atoms with van der Waals surface area (Å²) >= 11 is 0. The predicted molar refractivity (Wildman–Crippen MR) is 55.8 cm³/mol. The van der Waals surface area contributed by atoms with Gasteiger partial charge in [0, 0.05) is 12.6 Å². The van der Waals surface area contributed by atoms with Crippen LogP contribution in [0.5, 0.6) is 0 Å². The van der Waals surface area contributed by atoms with Crippen LogP contribution >= 0.6 is 0 Å². The maximum Gasteiger partial charge on any atom is 0.307 e. The number of rotatable bonds is 5. The number of hydrogen-bond donors (Lipinski definition) is 2. The van der Waals surface area contributed by atoms with Crippen LogP contribution in [0.2, 0.25) is 0 Å². The number of hydrogen-bond acceptors (Lipinski definition) is 3. The first-order chi connectivity index (χ1) is 7.61. The molecule has 2 aliphatic carbocycles. The number of amides is 1. The van der Waals surface area contributed by atoms with Gasteiger partial charge < -0.3 is 15.2 Å². The highest BCUT2D eigenvalue weighted by atomic mass is 16.5. The van der Waals surface area contributed by atoms with Crippen molar-refractivity contribution in [3.63, 3.8) is 0 Å². The molecule has 5 heteroatoms. The van der Waals surface area contributed by atoms with Gasteiger partial charge in [0.1, 0.15) is 0 Å². The highest BCUT2D eigenvalue weighted by Gasteiger charge is 2.49. The molecule has 2 N–H and O–H groups in total. The number of carboxylic acid groups (broad SMARTS) is 1. The molecule has 0 bridgehead atoms. The van der Waals surface area contributed by atoms with E-state index >= 15 is 0 Å². The fourth-order valence-corrected chi connectivity index (χ4v) is 2.12. The van der Waals surface area contributed by atoms with E-state index in [1.54, 1.807) is 0 Å². The fraction of sp³-hybridized carbons (Fsp3) is 0.818. The molecule has 2 rings (SSSR count). The van der Waals surface area contributed by atoms with Gasteiger partial charge in [-0.2, -0.15) is 0 Å². The standard InChI is InChI=1S/C11H17NO4/c1-2-16-7-3-6(4-7)12-10(13)8-5-9(8)11(14)15/h6-9H,2-5H2,1H3,(H,12,13)(H,14,15)/t6?,7?,8-,9+/m1/s1. The zero-order chi connectivity index (χ0) is 11.7. The SMILES string of the molecule is CCOC1CC(NC(=O)[C@@H]2C[C@@H]2C(=O)O)C1. The topological polar surface area (TPSA) is 75.6 Å². The van der Waals surface area contributed by atoms with Crippen molar-refractivity contribution in [2.75, 3.05) is 6.61 Å². The van der Waals surface area contributed by atoms with Crippen molar-refractivity contribution in [3.05, 3.63) is 0 Å². The number of aliphatic carboxylic acids is 1. The number of nitrogens with one attached hydrogen (secondary N) is 1. The first kappa shape index (κ1) is 11.4. The zero-order valence-corrected chi connectivity index (χ0v) is 9.31.